The van der Waals surface area contributed by atoms with Gasteiger partial charge in [0.1, 0.15) is 0 Å². The van der Waals surface area contributed by atoms with Crippen molar-refractivity contribution in [1.29, 1.82) is 0 Å². The van der Waals surface area contributed by atoms with Gasteiger partial charge in [-0.2, -0.15) is 0 Å². The van der Waals surface area contributed by atoms with Gasteiger partial charge in [-0.25, -0.2) is 8.42 Å². The third-order valence-electron chi connectivity index (χ3n) is 5.60. The van der Waals surface area contributed by atoms with Crippen LogP contribution in [-0.4, -0.2) is 20.7 Å². The highest BCUT2D eigenvalue weighted by Gasteiger charge is 2.39. The molecule has 0 radical (unpaired) electrons. The molecule has 0 N–H and O–H groups in total. The van der Waals surface area contributed by atoms with Crippen LogP contribution in [0.3, 0.4) is 0 Å². The van der Waals surface area contributed by atoms with Crippen LogP contribution in [0.5, 0.6) is 0 Å². The van der Waals surface area contributed by atoms with E-state index in [0.717, 1.165) is 54.2 Å². The number of nitrogens with zero attached hydrogens (tertiary/aromatic N) is 1. The fourth-order valence-electron chi connectivity index (χ4n) is 3.68. The van der Waals surface area contributed by atoms with Crippen molar-refractivity contribution >= 4 is 37.1 Å². The van der Waals surface area contributed by atoms with E-state index in [1.54, 1.807) is 30.5 Å². The number of anilines is 1. The first-order chi connectivity index (χ1) is 11.9. The molecule has 2 aliphatic rings. The number of fused-ring (bicyclic) bond motifs is 2. The highest BCUT2D eigenvalue weighted by atomic mass is 32.2. The lowest BCUT2D eigenvalue weighted by atomic mass is 9.87. The van der Waals surface area contributed by atoms with Crippen molar-refractivity contribution in [3.05, 3.63) is 38.9 Å². The van der Waals surface area contributed by atoms with Crippen LogP contribution in [-0.2, 0) is 22.9 Å². The van der Waals surface area contributed by atoms with Crippen LogP contribution >= 0.6 is 11.3 Å². The summed E-state index contributed by atoms with van der Waals surface area (Å²) in [5.41, 5.74) is 1.77. The molecule has 1 fully saturated rings. The molecule has 1 atom stereocenters. The van der Waals surface area contributed by atoms with E-state index in [2.05, 4.69) is 6.92 Å². The van der Waals surface area contributed by atoms with Gasteiger partial charge in [0.2, 0.25) is 10.0 Å². The van der Waals surface area contributed by atoms with Crippen LogP contribution in [0.2, 0.25) is 0 Å². The second kappa shape index (κ2) is 6.09. The van der Waals surface area contributed by atoms with Crippen LogP contribution in [0.15, 0.2) is 23.0 Å². The van der Waals surface area contributed by atoms with Crippen molar-refractivity contribution in [3.8, 4) is 0 Å². The first kappa shape index (κ1) is 17.0. The number of sulfonamides is 1. The summed E-state index contributed by atoms with van der Waals surface area (Å²) in [6, 6.07) is 5.44. The molecular formula is C19H23NO3S2. The van der Waals surface area contributed by atoms with E-state index < -0.39 is 10.0 Å². The molecule has 1 saturated carbocycles. The molecule has 2 aliphatic carbocycles. The molecular weight excluding hydrogens is 354 g/mol. The maximum Gasteiger partial charge on any atom is 0.237 e. The SMILES string of the molecule is CCC1CCc2c(sc3cc(N(C)S(=O)(=O)C4CC4)ccc3c2=O)C1. The fraction of sp³-hybridized carbons (Fsp3) is 0.526. The summed E-state index contributed by atoms with van der Waals surface area (Å²) in [5, 5.41) is 0.487. The van der Waals surface area contributed by atoms with Crippen LogP contribution in [0, 0.1) is 5.92 Å². The van der Waals surface area contributed by atoms with E-state index in [-0.39, 0.29) is 10.7 Å². The number of benzene rings is 1. The standard InChI is InChI=1S/C19H23NO3S2/c1-3-12-4-8-15-17(10-12)24-18-11-13(5-9-16(18)19(15)21)20(2)25(22,23)14-6-7-14/h5,9,11-12,14H,3-4,6-8,10H2,1-2H3. The molecule has 0 bridgehead atoms. The van der Waals surface area contributed by atoms with Crippen molar-refractivity contribution in [2.24, 2.45) is 5.92 Å². The molecule has 25 heavy (non-hydrogen) atoms. The van der Waals surface area contributed by atoms with Crippen molar-refractivity contribution in [2.75, 3.05) is 11.4 Å². The minimum absolute atomic E-state index is 0.137. The minimum Gasteiger partial charge on any atom is -0.289 e. The summed E-state index contributed by atoms with van der Waals surface area (Å²) in [5.74, 6) is 0.654. The third kappa shape index (κ3) is 2.89. The van der Waals surface area contributed by atoms with Crippen LogP contribution in [0.4, 0.5) is 5.69 Å². The molecule has 1 aromatic carbocycles. The van der Waals surface area contributed by atoms with Gasteiger partial charge in [0.05, 0.1) is 10.9 Å². The molecule has 6 heteroatoms. The molecule has 0 spiro atoms. The second-order valence-corrected chi connectivity index (χ2v) is 10.6. The molecule has 134 valence electrons. The van der Waals surface area contributed by atoms with Gasteiger partial charge < -0.3 is 0 Å². The average molecular weight is 378 g/mol. The highest BCUT2D eigenvalue weighted by molar-refractivity contribution is 7.93. The second-order valence-electron chi connectivity index (χ2n) is 7.24. The lowest BCUT2D eigenvalue weighted by Crippen LogP contribution is -2.29. The Labute approximate surface area is 152 Å². The molecule has 2 aromatic rings. The normalized spacial score (nSPS) is 20.5. The Hall–Kier alpha value is -1.40. The van der Waals surface area contributed by atoms with Gasteiger partial charge in [0.25, 0.3) is 0 Å². The Morgan fingerprint density at radius 1 is 1.24 bits per heavy atom. The minimum atomic E-state index is -3.27. The Balaban J connectivity index is 1.79. The summed E-state index contributed by atoms with van der Waals surface area (Å²) in [7, 11) is -1.65. The zero-order chi connectivity index (χ0) is 17.8. The molecule has 1 unspecified atom stereocenters. The van der Waals surface area contributed by atoms with Gasteiger partial charge in [-0.3, -0.25) is 9.10 Å². The van der Waals surface area contributed by atoms with Gasteiger partial charge in [-0.15, -0.1) is 11.3 Å². The predicted molar refractivity (Wildman–Crippen MR) is 104 cm³/mol. The van der Waals surface area contributed by atoms with E-state index in [4.69, 9.17) is 0 Å². The Bertz CT molecular complexity index is 990. The molecule has 1 aromatic heterocycles. The first-order valence-electron chi connectivity index (χ1n) is 8.98. The van der Waals surface area contributed by atoms with Gasteiger partial charge in [0.15, 0.2) is 5.43 Å². The Morgan fingerprint density at radius 3 is 2.68 bits per heavy atom. The largest absolute Gasteiger partial charge is 0.289 e. The third-order valence-corrected chi connectivity index (χ3v) is 9.10. The van der Waals surface area contributed by atoms with E-state index in [9.17, 15) is 13.2 Å². The Morgan fingerprint density at radius 2 is 2.00 bits per heavy atom. The molecule has 1 heterocycles. The molecule has 4 nitrogen and oxygen atoms in total. The predicted octanol–water partition coefficient (Wildman–Crippen LogP) is 3.70. The van der Waals surface area contributed by atoms with E-state index in [0.29, 0.717) is 11.6 Å². The number of rotatable bonds is 4. The van der Waals surface area contributed by atoms with Crippen molar-refractivity contribution in [2.45, 2.75) is 50.7 Å². The monoisotopic (exact) mass is 377 g/mol. The van der Waals surface area contributed by atoms with Gasteiger partial charge in [-0.05, 0) is 56.2 Å². The van der Waals surface area contributed by atoms with Crippen molar-refractivity contribution in [1.82, 2.24) is 0 Å². The quantitative estimate of drug-likeness (QED) is 0.816. The van der Waals surface area contributed by atoms with Crippen LogP contribution < -0.4 is 9.73 Å². The van der Waals surface area contributed by atoms with Gasteiger partial charge in [-0.1, -0.05) is 13.3 Å². The molecule has 0 amide bonds. The van der Waals surface area contributed by atoms with E-state index in [1.165, 1.54) is 9.18 Å². The summed E-state index contributed by atoms with van der Waals surface area (Å²) in [6.45, 7) is 2.20. The molecule has 4 rings (SSSR count). The zero-order valence-corrected chi connectivity index (χ0v) is 16.3. The fourth-order valence-corrected chi connectivity index (χ4v) is 6.62. The maximum atomic E-state index is 12.8. The zero-order valence-electron chi connectivity index (χ0n) is 14.6. The van der Waals surface area contributed by atoms with E-state index >= 15 is 0 Å². The highest BCUT2D eigenvalue weighted by Crippen LogP contribution is 2.36. The first-order valence-corrected chi connectivity index (χ1v) is 11.3. The summed E-state index contributed by atoms with van der Waals surface area (Å²) < 4.78 is 27.2. The lowest BCUT2D eigenvalue weighted by molar-refractivity contribution is 0.448. The maximum absolute atomic E-state index is 12.8. The van der Waals surface area contributed by atoms with Crippen molar-refractivity contribution < 1.29 is 8.42 Å². The average Bonchev–Trinajstić information content (AvgIpc) is 3.46. The summed E-state index contributed by atoms with van der Waals surface area (Å²) in [4.78, 5) is 14.0. The topological polar surface area (TPSA) is 54.5 Å². The number of hydrogen-bond donors (Lipinski definition) is 0. The number of hydrogen-bond acceptors (Lipinski definition) is 4. The van der Waals surface area contributed by atoms with Crippen LogP contribution in [0.1, 0.15) is 43.0 Å². The summed E-state index contributed by atoms with van der Waals surface area (Å²) >= 11 is 1.67. The van der Waals surface area contributed by atoms with E-state index in [1.807, 2.05) is 6.07 Å². The molecule has 0 saturated heterocycles. The lowest BCUT2D eigenvalue weighted by Gasteiger charge is -2.23. The Kier molecular flexibility index (Phi) is 4.15. The van der Waals surface area contributed by atoms with Gasteiger partial charge >= 0.3 is 0 Å². The smallest absolute Gasteiger partial charge is 0.237 e. The van der Waals surface area contributed by atoms with Crippen molar-refractivity contribution in [3.63, 3.8) is 0 Å². The van der Waals surface area contributed by atoms with Gasteiger partial charge in [0, 0.05) is 27.6 Å². The molecule has 0 aliphatic heterocycles. The van der Waals surface area contributed by atoms with Crippen LogP contribution in [0.25, 0.3) is 10.1 Å². The summed E-state index contributed by atoms with van der Waals surface area (Å²) in [6.07, 6.45) is 5.58.